The standard InChI is InChI=1S/C20H21ClN4O2/c21-16-6-4-15(5-7-16)14-24-8-2-9-25(11-10-24)20(26)18-13-17(22-23-18)19-3-1-12-27-19/h1,3-7,12-13H,2,8-11,14H2,(H,22,23). The average Bonchev–Trinajstić information content (AvgIpc) is 3.32. The summed E-state index contributed by atoms with van der Waals surface area (Å²) < 4.78 is 5.35. The highest BCUT2D eigenvalue weighted by molar-refractivity contribution is 6.30. The van der Waals surface area contributed by atoms with Gasteiger partial charge in [-0.1, -0.05) is 23.7 Å². The Kier molecular flexibility index (Phi) is 5.27. The molecule has 3 heterocycles. The number of aromatic nitrogens is 2. The van der Waals surface area contributed by atoms with Gasteiger partial charge < -0.3 is 9.32 Å². The first-order chi connectivity index (χ1) is 13.2. The molecule has 0 atom stereocenters. The van der Waals surface area contributed by atoms with Crippen LogP contribution in [0.25, 0.3) is 11.5 Å². The van der Waals surface area contributed by atoms with E-state index in [4.69, 9.17) is 16.0 Å². The minimum Gasteiger partial charge on any atom is -0.463 e. The van der Waals surface area contributed by atoms with Crippen molar-refractivity contribution in [3.05, 3.63) is 65.0 Å². The van der Waals surface area contributed by atoms with Crippen LogP contribution in [-0.4, -0.2) is 52.1 Å². The lowest BCUT2D eigenvalue weighted by Crippen LogP contribution is -2.35. The van der Waals surface area contributed by atoms with Gasteiger partial charge in [-0.3, -0.25) is 14.8 Å². The summed E-state index contributed by atoms with van der Waals surface area (Å²) in [6.45, 7) is 4.09. The molecule has 4 rings (SSSR count). The van der Waals surface area contributed by atoms with Crippen LogP contribution in [0, 0.1) is 0 Å². The number of furan rings is 1. The van der Waals surface area contributed by atoms with Gasteiger partial charge in [-0.2, -0.15) is 5.10 Å². The van der Waals surface area contributed by atoms with E-state index in [2.05, 4.69) is 27.2 Å². The van der Waals surface area contributed by atoms with E-state index in [1.54, 1.807) is 12.3 Å². The molecule has 0 radical (unpaired) electrons. The van der Waals surface area contributed by atoms with Gasteiger partial charge in [-0.15, -0.1) is 0 Å². The van der Waals surface area contributed by atoms with Gasteiger partial charge in [0.25, 0.3) is 5.91 Å². The third kappa shape index (κ3) is 4.23. The van der Waals surface area contributed by atoms with Crippen molar-refractivity contribution >= 4 is 17.5 Å². The first kappa shape index (κ1) is 17.8. The van der Waals surface area contributed by atoms with Gasteiger partial charge in [-0.05, 0) is 36.2 Å². The molecule has 7 heteroatoms. The van der Waals surface area contributed by atoms with Crippen LogP contribution in [0.2, 0.25) is 5.02 Å². The second kappa shape index (κ2) is 7.98. The lowest BCUT2D eigenvalue weighted by molar-refractivity contribution is 0.0755. The first-order valence-electron chi connectivity index (χ1n) is 9.04. The number of nitrogens with zero attached hydrogens (tertiary/aromatic N) is 3. The van der Waals surface area contributed by atoms with Crippen molar-refractivity contribution in [2.75, 3.05) is 26.2 Å². The van der Waals surface area contributed by atoms with Gasteiger partial charge in [0.05, 0.1) is 6.26 Å². The summed E-state index contributed by atoms with van der Waals surface area (Å²) in [4.78, 5) is 17.1. The van der Waals surface area contributed by atoms with Crippen LogP contribution in [0.1, 0.15) is 22.5 Å². The lowest BCUT2D eigenvalue weighted by Gasteiger charge is -2.21. The predicted octanol–water partition coefficient (Wildman–Crippen LogP) is 3.67. The minimum absolute atomic E-state index is 0.0441. The zero-order valence-electron chi connectivity index (χ0n) is 14.9. The highest BCUT2D eigenvalue weighted by Gasteiger charge is 2.22. The Bertz CT molecular complexity index is 889. The molecule has 0 saturated carbocycles. The van der Waals surface area contributed by atoms with Crippen molar-refractivity contribution < 1.29 is 9.21 Å². The third-order valence-electron chi connectivity index (χ3n) is 4.78. The number of carbonyl (C=O) groups is 1. The van der Waals surface area contributed by atoms with Crippen molar-refractivity contribution in [2.45, 2.75) is 13.0 Å². The summed E-state index contributed by atoms with van der Waals surface area (Å²) in [6.07, 6.45) is 2.54. The van der Waals surface area contributed by atoms with E-state index in [-0.39, 0.29) is 5.91 Å². The third-order valence-corrected chi connectivity index (χ3v) is 5.03. The molecular weight excluding hydrogens is 364 g/mol. The van der Waals surface area contributed by atoms with E-state index in [9.17, 15) is 4.79 Å². The molecule has 1 fully saturated rings. The normalized spacial score (nSPS) is 15.7. The molecule has 1 aliphatic heterocycles. The summed E-state index contributed by atoms with van der Waals surface area (Å²) in [5, 5.41) is 7.80. The Morgan fingerprint density at radius 3 is 2.78 bits per heavy atom. The van der Waals surface area contributed by atoms with Crippen LogP contribution in [0.15, 0.2) is 53.1 Å². The van der Waals surface area contributed by atoms with Crippen LogP contribution in [0.4, 0.5) is 0 Å². The van der Waals surface area contributed by atoms with Gasteiger partial charge in [0, 0.05) is 43.8 Å². The molecule has 3 aromatic rings. The van der Waals surface area contributed by atoms with Crippen LogP contribution >= 0.6 is 11.6 Å². The molecule has 6 nitrogen and oxygen atoms in total. The fourth-order valence-electron chi connectivity index (χ4n) is 3.33. The molecule has 1 aromatic carbocycles. The van der Waals surface area contributed by atoms with Crippen molar-refractivity contribution in [1.29, 1.82) is 0 Å². The second-order valence-electron chi connectivity index (χ2n) is 6.69. The number of hydrogen-bond acceptors (Lipinski definition) is 4. The summed E-state index contributed by atoms with van der Waals surface area (Å²) in [6, 6.07) is 13.3. The highest BCUT2D eigenvalue weighted by atomic mass is 35.5. The van der Waals surface area contributed by atoms with E-state index in [1.165, 1.54) is 5.56 Å². The number of hydrogen-bond donors (Lipinski definition) is 1. The molecule has 27 heavy (non-hydrogen) atoms. The Labute approximate surface area is 162 Å². The second-order valence-corrected chi connectivity index (χ2v) is 7.13. The van der Waals surface area contributed by atoms with E-state index in [1.807, 2.05) is 29.2 Å². The van der Waals surface area contributed by atoms with E-state index in [0.29, 0.717) is 23.7 Å². The van der Waals surface area contributed by atoms with Crippen molar-refractivity contribution in [1.82, 2.24) is 20.0 Å². The lowest BCUT2D eigenvalue weighted by atomic mass is 10.2. The van der Waals surface area contributed by atoms with Gasteiger partial charge >= 0.3 is 0 Å². The van der Waals surface area contributed by atoms with Gasteiger partial charge in [0.15, 0.2) is 11.5 Å². The smallest absolute Gasteiger partial charge is 0.274 e. The van der Waals surface area contributed by atoms with E-state index >= 15 is 0 Å². The maximum absolute atomic E-state index is 12.8. The zero-order chi connectivity index (χ0) is 18.6. The number of H-pyrrole nitrogens is 1. The molecule has 0 bridgehead atoms. The number of halogens is 1. The number of benzene rings is 1. The van der Waals surface area contributed by atoms with Gasteiger partial charge in [0.2, 0.25) is 0 Å². The van der Waals surface area contributed by atoms with E-state index < -0.39 is 0 Å². The van der Waals surface area contributed by atoms with Crippen LogP contribution < -0.4 is 0 Å². The molecule has 1 amide bonds. The molecule has 1 N–H and O–H groups in total. The summed E-state index contributed by atoms with van der Waals surface area (Å²) in [5.74, 6) is 0.629. The fourth-order valence-corrected chi connectivity index (χ4v) is 3.46. The number of nitrogens with one attached hydrogen (secondary N) is 1. The minimum atomic E-state index is -0.0441. The molecule has 0 spiro atoms. The van der Waals surface area contributed by atoms with Crippen LogP contribution in [0.3, 0.4) is 0 Å². The Morgan fingerprint density at radius 1 is 1.15 bits per heavy atom. The SMILES string of the molecule is O=C(c1cc(-c2ccco2)[nH]n1)N1CCCN(Cc2ccc(Cl)cc2)CC1. The van der Waals surface area contributed by atoms with Crippen molar-refractivity contribution in [3.63, 3.8) is 0 Å². The number of carbonyl (C=O) groups excluding carboxylic acids is 1. The molecule has 140 valence electrons. The predicted molar refractivity (Wildman–Crippen MR) is 104 cm³/mol. The molecule has 1 saturated heterocycles. The summed E-state index contributed by atoms with van der Waals surface area (Å²) in [7, 11) is 0. The Morgan fingerprint density at radius 2 is 2.00 bits per heavy atom. The topological polar surface area (TPSA) is 65.4 Å². The van der Waals surface area contributed by atoms with Crippen molar-refractivity contribution in [3.8, 4) is 11.5 Å². The van der Waals surface area contributed by atoms with Gasteiger partial charge in [-0.25, -0.2) is 0 Å². The Balaban J connectivity index is 1.37. The maximum Gasteiger partial charge on any atom is 0.274 e. The molecule has 2 aromatic heterocycles. The maximum atomic E-state index is 12.8. The van der Waals surface area contributed by atoms with Crippen LogP contribution in [0.5, 0.6) is 0 Å². The van der Waals surface area contributed by atoms with E-state index in [0.717, 1.165) is 37.6 Å². The summed E-state index contributed by atoms with van der Waals surface area (Å²) in [5.41, 5.74) is 2.37. The number of amides is 1. The molecule has 0 unspecified atom stereocenters. The fraction of sp³-hybridized carbons (Fsp3) is 0.300. The number of aromatic amines is 1. The quantitative estimate of drug-likeness (QED) is 0.745. The largest absolute Gasteiger partial charge is 0.463 e. The summed E-state index contributed by atoms with van der Waals surface area (Å²) >= 11 is 5.95. The first-order valence-corrected chi connectivity index (χ1v) is 9.42. The highest BCUT2D eigenvalue weighted by Crippen LogP contribution is 2.19. The van der Waals surface area contributed by atoms with Gasteiger partial charge in [0.1, 0.15) is 5.69 Å². The van der Waals surface area contributed by atoms with Crippen LogP contribution in [-0.2, 0) is 6.54 Å². The molecule has 1 aliphatic rings. The number of rotatable bonds is 4. The monoisotopic (exact) mass is 384 g/mol. The average molecular weight is 385 g/mol. The van der Waals surface area contributed by atoms with Crippen molar-refractivity contribution in [2.24, 2.45) is 0 Å². The molecular formula is C20H21ClN4O2. The molecule has 0 aliphatic carbocycles. The Hall–Kier alpha value is -2.57. The zero-order valence-corrected chi connectivity index (χ0v) is 15.7.